The van der Waals surface area contributed by atoms with Gasteiger partial charge in [-0.25, -0.2) is 0 Å². The molecule has 0 radical (unpaired) electrons. The summed E-state index contributed by atoms with van der Waals surface area (Å²) in [6.45, 7) is -0.129. The minimum Gasteiger partial charge on any atom is -0.484 e. The summed E-state index contributed by atoms with van der Waals surface area (Å²) in [4.78, 5) is 12.0. The quantitative estimate of drug-likeness (QED) is 0.692. The Bertz CT molecular complexity index is 719. The molecule has 0 saturated heterocycles. The lowest BCUT2D eigenvalue weighted by atomic mass is 9.93. The normalized spacial score (nSPS) is 13.2. The fraction of sp³-hybridized carbons (Fsp3) is 0.167. The number of thiophene rings is 1. The maximum absolute atomic E-state index is 12.0. The summed E-state index contributed by atoms with van der Waals surface area (Å²) < 4.78 is 10.8. The van der Waals surface area contributed by atoms with Crippen LogP contribution in [0.15, 0.2) is 70.0 Å². The lowest BCUT2D eigenvalue weighted by molar-refractivity contribution is -0.124. The number of aliphatic hydroxyl groups is 1. The Labute approximate surface area is 143 Å². The van der Waals surface area contributed by atoms with Crippen molar-refractivity contribution < 1.29 is 19.1 Å². The molecule has 0 unspecified atom stereocenters. The number of hydrogen-bond donors (Lipinski definition) is 2. The molecule has 0 aliphatic rings. The molecule has 2 N–H and O–H groups in total. The average molecular weight is 343 g/mol. The molecule has 24 heavy (non-hydrogen) atoms. The first-order valence-corrected chi connectivity index (χ1v) is 8.36. The number of ether oxygens (including phenoxy) is 1. The molecule has 2 aromatic heterocycles. The van der Waals surface area contributed by atoms with Crippen molar-refractivity contribution in [1.82, 2.24) is 5.32 Å². The summed E-state index contributed by atoms with van der Waals surface area (Å²) >= 11 is 1.47. The molecule has 0 aliphatic carbocycles. The second kappa shape index (κ2) is 7.33. The fourth-order valence-corrected chi connectivity index (χ4v) is 3.01. The molecule has 2 heterocycles. The first-order valence-electron chi connectivity index (χ1n) is 7.42. The van der Waals surface area contributed by atoms with Crippen LogP contribution in [-0.2, 0) is 10.4 Å². The first kappa shape index (κ1) is 16.3. The zero-order valence-electron chi connectivity index (χ0n) is 12.8. The fourth-order valence-electron chi connectivity index (χ4n) is 2.29. The Balaban J connectivity index is 1.63. The van der Waals surface area contributed by atoms with Gasteiger partial charge in [0.1, 0.15) is 11.5 Å². The van der Waals surface area contributed by atoms with Gasteiger partial charge in [0, 0.05) is 5.56 Å². The van der Waals surface area contributed by atoms with E-state index in [0.29, 0.717) is 17.1 Å². The standard InChI is InChI=1S/C18H17NO4S/c20-17(11-23-15-5-2-1-3-6-15)19-13-18(21,14-8-10-24-12-14)16-7-4-9-22-16/h1-10,12,21H,11,13H2,(H,19,20)/t18-/m0/s1. The highest BCUT2D eigenvalue weighted by Crippen LogP contribution is 2.30. The molecule has 6 heteroatoms. The molecule has 1 atom stereocenters. The number of carbonyl (C=O) groups is 1. The maximum Gasteiger partial charge on any atom is 0.258 e. The van der Waals surface area contributed by atoms with Gasteiger partial charge in [-0.2, -0.15) is 11.3 Å². The SMILES string of the molecule is O=C(COc1ccccc1)NC[C@](O)(c1ccsc1)c1ccco1. The van der Waals surface area contributed by atoms with Crippen LogP contribution in [0.2, 0.25) is 0 Å². The van der Waals surface area contributed by atoms with Crippen molar-refractivity contribution in [2.75, 3.05) is 13.2 Å². The number of hydrogen-bond acceptors (Lipinski definition) is 5. The van der Waals surface area contributed by atoms with E-state index in [1.165, 1.54) is 17.6 Å². The summed E-state index contributed by atoms with van der Waals surface area (Å²) in [5, 5.41) is 17.4. The van der Waals surface area contributed by atoms with Gasteiger partial charge in [-0.3, -0.25) is 4.79 Å². The van der Waals surface area contributed by atoms with Crippen LogP contribution in [0.5, 0.6) is 5.75 Å². The van der Waals surface area contributed by atoms with Crippen LogP contribution in [0, 0.1) is 0 Å². The zero-order chi connectivity index (χ0) is 16.8. The third-order valence-electron chi connectivity index (χ3n) is 3.58. The van der Waals surface area contributed by atoms with E-state index >= 15 is 0 Å². The predicted molar refractivity (Wildman–Crippen MR) is 91.0 cm³/mol. The van der Waals surface area contributed by atoms with Crippen LogP contribution in [0.3, 0.4) is 0 Å². The minimum atomic E-state index is -1.41. The van der Waals surface area contributed by atoms with E-state index in [4.69, 9.17) is 9.15 Å². The number of amides is 1. The van der Waals surface area contributed by atoms with Crippen molar-refractivity contribution in [2.45, 2.75) is 5.60 Å². The van der Waals surface area contributed by atoms with Gasteiger partial charge in [0.15, 0.2) is 12.2 Å². The van der Waals surface area contributed by atoms with Crippen molar-refractivity contribution in [2.24, 2.45) is 0 Å². The summed E-state index contributed by atoms with van der Waals surface area (Å²) in [6.07, 6.45) is 1.49. The van der Waals surface area contributed by atoms with E-state index in [2.05, 4.69) is 5.32 Å². The van der Waals surface area contributed by atoms with E-state index in [-0.39, 0.29) is 19.1 Å². The van der Waals surface area contributed by atoms with E-state index in [9.17, 15) is 9.90 Å². The van der Waals surface area contributed by atoms with E-state index in [0.717, 1.165) is 0 Å². The van der Waals surface area contributed by atoms with E-state index in [1.807, 2.05) is 29.0 Å². The molecule has 3 rings (SSSR count). The summed E-state index contributed by atoms with van der Waals surface area (Å²) in [5.41, 5.74) is -0.738. The molecule has 5 nitrogen and oxygen atoms in total. The third-order valence-corrected chi connectivity index (χ3v) is 4.27. The second-order valence-corrected chi connectivity index (χ2v) is 6.01. The van der Waals surface area contributed by atoms with E-state index < -0.39 is 5.60 Å². The van der Waals surface area contributed by atoms with Gasteiger partial charge in [0.05, 0.1) is 12.8 Å². The number of benzene rings is 1. The molecular formula is C18H17NO4S. The van der Waals surface area contributed by atoms with Crippen molar-refractivity contribution in [3.05, 3.63) is 76.9 Å². The van der Waals surface area contributed by atoms with Crippen LogP contribution in [0.1, 0.15) is 11.3 Å². The number of para-hydroxylation sites is 1. The summed E-state index contributed by atoms with van der Waals surface area (Å²) in [6, 6.07) is 14.3. The van der Waals surface area contributed by atoms with Gasteiger partial charge in [-0.05, 0) is 41.1 Å². The molecule has 1 aromatic carbocycles. The second-order valence-electron chi connectivity index (χ2n) is 5.23. The Morgan fingerprint density at radius 2 is 2.04 bits per heavy atom. The zero-order valence-corrected chi connectivity index (χ0v) is 13.7. The van der Waals surface area contributed by atoms with Gasteiger partial charge in [0.2, 0.25) is 0 Å². The predicted octanol–water partition coefficient (Wildman–Crippen LogP) is 2.77. The molecule has 1 amide bonds. The minimum absolute atomic E-state index is 0.00572. The number of nitrogens with one attached hydrogen (secondary N) is 1. The molecule has 0 aliphatic heterocycles. The monoisotopic (exact) mass is 343 g/mol. The number of rotatable bonds is 7. The topological polar surface area (TPSA) is 71.7 Å². The molecule has 124 valence electrons. The summed E-state index contributed by atoms with van der Waals surface area (Å²) in [5.74, 6) is 0.677. The largest absolute Gasteiger partial charge is 0.484 e. The molecule has 0 bridgehead atoms. The van der Waals surface area contributed by atoms with Crippen molar-refractivity contribution in [3.8, 4) is 5.75 Å². The van der Waals surface area contributed by atoms with Crippen LogP contribution < -0.4 is 10.1 Å². The van der Waals surface area contributed by atoms with Gasteiger partial charge in [-0.15, -0.1) is 0 Å². The van der Waals surface area contributed by atoms with Crippen LogP contribution >= 0.6 is 11.3 Å². The van der Waals surface area contributed by atoms with Crippen molar-refractivity contribution in [1.29, 1.82) is 0 Å². The molecule has 0 fully saturated rings. The van der Waals surface area contributed by atoms with Crippen LogP contribution in [0.25, 0.3) is 0 Å². The van der Waals surface area contributed by atoms with Gasteiger partial charge < -0.3 is 19.6 Å². The molecule has 0 spiro atoms. The molecule has 3 aromatic rings. The first-order chi connectivity index (χ1) is 11.7. The lowest BCUT2D eigenvalue weighted by Crippen LogP contribution is -2.42. The van der Waals surface area contributed by atoms with Gasteiger partial charge >= 0.3 is 0 Å². The molecule has 0 saturated carbocycles. The third kappa shape index (κ3) is 3.67. The number of furan rings is 1. The Hall–Kier alpha value is -2.57. The Morgan fingerprint density at radius 1 is 1.21 bits per heavy atom. The van der Waals surface area contributed by atoms with E-state index in [1.54, 1.807) is 30.3 Å². The van der Waals surface area contributed by atoms with Crippen molar-refractivity contribution >= 4 is 17.2 Å². The van der Waals surface area contributed by atoms with Gasteiger partial charge in [-0.1, -0.05) is 18.2 Å². The van der Waals surface area contributed by atoms with Crippen LogP contribution in [0.4, 0.5) is 0 Å². The highest BCUT2D eigenvalue weighted by Gasteiger charge is 2.35. The Kier molecular flexibility index (Phi) is 4.98. The molecular weight excluding hydrogens is 326 g/mol. The Morgan fingerprint density at radius 3 is 2.71 bits per heavy atom. The highest BCUT2D eigenvalue weighted by atomic mass is 32.1. The van der Waals surface area contributed by atoms with Crippen molar-refractivity contribution in [3.63, 3.8) is 0 Å². The lowest BCUT2D eigenvalue weighted by Gasteiger charge is -2.25. The maximum atomic E-state index is 12.0. The average Bonchev–Trinajstić information content (AvgIpc) is 3.32. The summed E-state index contributed by atoms with van der Waals surface area (Å²) in [7, 11) is 0. The highest BCUT2D eigenvalue weighted by molar-refractivity contribution is 7.08. The van der Waals surface area contributed by atoms with Gasteiger partial charge in [0.25, 0.3) is 5.91 Å². The number of carbonyl (C=O) groups excluding carboxylic acids is 1. The van der Waals surface area contributed by atoms with Crippen LogP contribution in [-0.4, -0.2) is 24.2 Å². The smallest absolute Gasteiger partial charge is 0.258 e.